The highest BCUT2D eigenvalue weighted by atomic mass is 16.5. The summed E-state index contributed by atoms with van der Waals surface area (Å²) in [6.07, 6.45) is 8.42. The van der Waals surface area contributed by atoms with Gasteiger partial charge < -0.3 is 14.8 Å². The van der Waals surface area contributed by atoms with E-state index in [1.165, 1.54) is 0 Å². The maximum Gasteiger partial charge on any atom is 0.0998 e. The van der Waals surface area contributed by atoms with Crippen LogP contribution < -0.4 is 5.32 Å². The normalized spacial score (nSPS) is 13.5. The van der Waals surface area contributed by atoms with Gasteiger partial charge in [-0.3, -0.25) is 0 Å². The summed E-state index contributed by atoms with van der Waals surface area (Å²) in [5, 5.41) is 2.97. The number of hydrogen-bond donors (Lipinski definition) is 1. The van der Waals surface area contributed by atoms with E-state index in [4.69, 9.17) is 9.47 Å². The number of hydrogen-bond acceptors (Lipinski definition) is 3. The van der Waals surface area contributed by atoms with E-state index in [2.05, 4.69) is 11.9 Å². The first-order valence-corrected chi connectivity index (χ1v) is 5.57. The molecule has 0 bridgehead atoms. The molecule has 3 heteroatoms. The van der Waals surface area contributed by atoms with Crippen LogP contribution in [0.1, 0.15) is 13.3 Å². The average Bonchev–Trinajstić information content (AvgIpc) is 2.33. The lowest BCUT2D eigenvalue weighted by molar-refractivity contribution is 0.225. The number of nitrogens with one attached hydrogen (secondary N) is 1. The Bertz CT molecular complexity index is 314. The summed E-state index contributed by atoms with van der Waals surface area (Å²) < 4.78 is 10.4. The Balaban J connectivity index is 5.09. The number of rotatable bonds is 8. The van der Waals surface area contributed by atoms with Crippen molar-refractivity contribution in [2.75, 3.05) is 27.9 Å². The lowest BCUT2D eigenvalue weighted by Crippen LogP contribution is -1.97. The summed E-state index contributed by atoms with van der Waals surface area (Å²) in [6.45, 7) is 6.35. The van der Waals surface area contributed by atoms with Gasteiger partial charge in [-0.05, 0) is 36.4 Å². The minimum Gasteiger partial charge on any atom is -0.501 e. The highest BCUT2D eigenvalue weighted by Gasteiger charge is 2.00. The zero-order chi connectivity index (χ0) is 13.1. The summed E-state index contributed by atoms with van der Waals surface area (Å²) >= 11 is 0. The van der Waals surface area contributed by atoms with E-state index in [1.54, 1.807) is 14.2 Å². The van der Waals surface area contributed by atoms with Crippen LogP contribution in [0.3, 0.4) is 0 Å². The molecule has 0 aliphatic rings. The van der Waals surface area contributed by atoms with Crippen molar-refractivity contribution in [1.29, 1.82) is 0 Å². The van der Waals surface area contributed by atoms with Gasteiger partial charge in [0.15, 0.2) is 0 Å². The second-order valence-electron chi connectivity index (χ2n) is 3.60. The Morgan fingerprint density at radius 2 is 2.06 bits per heavy atom. The second-order valence-corrected chi connectivity index (χ2v) is 3.60. The van der Waals surface area contributed by atoms with E-state index in [0.717, 1.165) is 16.9 Å². The Kier molecular flexibility index (Phi) is 8.88. The predicted molar refractivity (Wildman–Crippen MR) is 72.7 cm³/mol. The largest absolute Gasteiger partial charge is 0.501 e. The van der Waals surface area contributed by atoms with Gasteiger partial charge in [0.05, 0.1) is 19.5 Å². The molecule has 0 unspecified atom stereocenters. The van der Waals surface area contributed by atoms with E-state index >= 15 is 0 Å². The zero-order valence-electron chi connectivity index (χ0n) is 11.2. The number of allylic oxidation sites excluding steroid dienone is 4. The predicted octanol–water partition coefficient (Wildman–Crippen LogP) is 2.79. The van der Waals surface area contributed by atoms with E-state index in [-0.39, 0.29) is 0 Å². The van der Waals surface area contributed by atoms with Crippen molar-refractivity contribution < 1.29 is 9.47 Å². The second kappa shape index (κ2) is 9.73. The fourth-order valence-corrected chi connectivity index (χ4v) is 1.30. The molecule has 1 N–H and O–H groups in total. The average molecular weight is 237 g/mol. The Hall–Kier alpha value is -1.48. The van der Waals surface area contributed by atoms with E-state index < -0.39 is 0 Å². The van der Waals surface area contributed by atoms with Crippen molar-refractivity contribution in [3.8, 4) is 0 Å². The van der Waals surface area contributed by atoms with Gasteiger partial charge in [-0.25, -0.2) is 0 Å². The fourth-order valence-electron chi connectivity index (χ4n) is 1.30. The smallest absolute Gasteiger partial charge is 0.0998 e. The number of ether oxygens (including phenoxy) is 2. The third-order valence-electron chi connectivity index (χ3n) is 2.21. The maximum atomic E-state index is 5.29. The first-order valence-electron chi connectivity index (χ1n) is 5.57. The molecule has 0 radical (unpaired) electrons. The first kappa shape index (κ1) is 15.5. The summed E-state index contributed by atoms with van der Waals surface area (Å²) in [5.74, 6) is 0.881. The minimum atomic E-state index is 0.602. The van der Waals surface area contributed by atoms with Gasteiger partial charge in [0.2, 0.25) is 0 Å². The van der Waals surface area contributed by atoms with E-state index in [9.17, 15) is 0 Å². The third-order valence-corrected chi connectivity index (χ3v) is 2.21. The van der Waals surface area contributed by atoms with Gasteiger partial charge in [-0.15, -0.1) is 6.58 Å². The molecular formula is C14H23NO2. The summed E-state index contributed by atoms with van der Waals surface area (Å²) in [6, 6.07) is 0. The van der Waals surface area contributed by atoms with Crippen molar-refractivity contribution in [2.24, 2.45) is 0 Å². The van der Waals surface area contributed by atoms with Crippen molar-refractivity contribution in [1.82, 2.24) is 5.32 Å². The van der Waals surface area contributed by atoms with Crippen molar-refractivity contribution in [2.45, 2.75) is 13.3 Å². The molecule has 0 amide bonds. The quantitative estimate of drug-likeness (QED) is 0.400. The molecule has 0 fully saturated rings. The molecular weight excluding hydrogens is 214 g/mol. The van der Waals surface area contributed by atoms with Gasteiger partial charge in [-0.1, -0.05) is 6.08 Å². The molecule has 0 aromatic heterocycles. The maximum absolute atomic E-state index is 5.29. The Morgan fingerprint density at radius 3 is 2.53 bits per heavy atom. The van der Waals surface area contributed by atoms with Crippen molar-refractivity contribution in [3.63, 3.8) is 0 Å². The summed E-state index contributed by atoms with van der Waals surface area (Å²) in [5.41, 5.74) is 2.23. The molecule has 3 nitrogen and oxygen atoms in total. The zero-order valence-corrected chi connectivity index (χ0v) is 11.2. The lowest BCUT2D eigenvalue weighted by Gasteiger charge is -2.07. The van der Waals surface area contributed by atoms with Crippen LogP contribution in [0.25, 0.3) is 0 Å². The Morgan fingerprint density at radius 1 is 1.35 bits per heavy atom. The molecule has 0 atom stereocenters. The topological polar surface area (TPSA) is 30.5 Å². The van der Waals surface area contributed by atoms with E-state index in [0.29, 0.717) is 13.0 Å². The van der Waals surface area contributed by atoms with Crippen molar-refractivity contribution in [3.05, 3.63) is 47.9 Å². The molecule has 0 saturated heterocycles. The molecule has 0 spiro atoms. The fraction of sp³-hybridized carbons (Fsp3) is 0.429. The van der Waals surface area contributed by atoms with Crippen LogP contribution in [-0.4, -0.2) is 27.9 Å². The standard InChI is InChI=1S/C14H23NO2/c1-6-7-14(17-5)10-13(8-9-15-3)12(2)11-16-4/h6,8-10,15H,1,7,11H2,2-5H3/b9-8-,13-12+,14-10+. The molecule has 0 aliphatic carbocycles. The van der Waals surface area contributed by atoms with Crippen LogP contribution in [0.5, 0.6) is 0 Å². The summed E-state index contributed by atoms with van der Waals surface area (Å²) in [4.78, 5) is 0. The SMILES string of the molecule is C=CC\C(=C/C(/C=C\NC)=C(\C)COC)OC. The van der Waals surface area contributed by atoms with Gasteiger partial charge in [-0.2, -0.15) is 0 Å². The van der Waals surface area contributed by atoms with Crippen LogP contribution in [-0.2, 0) is 9.47 Å². The van der Waals surface area contributed by atoms with Gasteiger partial charge >= 0.3 is 0 Å². The van der Waals surface area contributed by atoms with Gasteiger partial charge in [0.25, 0.3) is 0 Å². The van der Waals surface area contributed by atoms with Gasteiger partial charge in [0.1, 0.15) is 0 Å². The van der Waals surface area contributed by atoms with Crippen molar-refractivity contribution >= 4 is 0 Å². The molecule has 0 rings (SSSR count). The molecule has 0 aromatic rings. The highest BCUT2D eigenvalue weighted by molar-refractivity contribution is 5.36. The van der Waals surface area contributed by atoms with Crippen LogP contribution in [0.4, 0.5) is 0 Å². The monoisotopic (exact) mass is 237 g/mol. The molecule has 0 saturated carbocycles. The van der Waals surface area contributed by atoms with E-state index in [1.807, 2.05) is 38.4 Å². The lowest BCUT2D eigenvalue weighted by atomic mass is 10.1. The first-order chi connectivity index (χ1) is 8.19. The molecule has 96 valence electrons. The molecule has 17 heavy (non-hydrogen) atoms. The Labute approximate surface area is 105 Å². The minimum absolute atomic E-state index is 0.602. The van der Waals surface area contributed by atoms with Gasteiger partial charge in [0, 0.05) is 20.6 Å². The third kappa shape index (κ3) is 6.64. The summed E-state index contributed by atoms with van der Waals surface area (Å²) in [7, 11) is 5.22. The van der Waals surface area contributed by atoms with Crippen LogP contribution in [0, 0.1) is 0 Å². The van der Waals surface area contributed by atoms with Crippen LogP contribution in [0.2, 0.25) is 0 Å². The molecule has 0 heterocycles. The van der Waals surface area contributed by atoms with Crippen LogP contribution in [0.15, 0.2) is 47.9 Å². The molecule has 0 aliphatic heterocycles. The molecule has 0 aromatic carbocycles. The van der Waals surface area contributed by atoms with Crippen LogP contribution >= 0.6 is 0 Å². The number of methoxy groups -OCH3 is 2. The highest BCUT2D eigenvalue weighted by Crippen LogP contribution is 2.13.